The van der Waals surface area contributed by atoms with Gasteiger partial charge in [-0.1, -0.05) is 0 Å². The van der Waals surface area contributed by atoms with Crippen molar-refractivity contribution in [3.63, 3.8) is 0 Å². The lowest BCUT2D eigenvalue weighted by atomic mass is 9.83. The fourth-order valence-electron chi connectivity index (χ4n) is 6.38. The maximum absolute atomic E-state index is 13.3. The third-order valence-electron chi connectivity index (χ3n) is 9.16. The monoisotopic (exact) mass is 675 g/mol. The van der Waals surface area contributed by atoms with Gasteiger partial charge in [-0.25, -0.2) is 4.99 Å². The normalized spacial score (nSPS) is 42.5. The Balaban J connectivity index is 1.56. The van der Waals surface area contributed by atoms with E-state index >= 15 is 0 Å². The summed E-state index contributed by atoms with van der Waals surface area (Å²) in [5.74, 6) is -0.628. The summed E-state index contributed by atoms with van der Waals surface area (Å²) in [6.07, 6.45) is -5.80. The van der Waals surface area contributed by atoms with Gasteiger partial charge in [-0.2, -0.15) is 0 Å². The SMILES string of the molecule is CN[C@@H]1[C@@H](O)[C@@H](O[C@H]2[C@H](NC(=O)C3(O)CC3N=C(N)N)C[C@H](N)C(O[C@H]3OC(CN)=CC[C@H]3NCC(O)CCN)[C@@H]2O)OC[C@]1(C)O. The number of nitrogens with one attached hydrogen (secondary N) is 3. The molecule has 2 heterocycles. The summed E-state index contributed by atoms with van der Waals surface area (Å²) in [6, 6.07) is -4.08. The van der Waals surface area contributed by atoms with Crippen LogP contribution in [0.25, 0.3) is 0 Å². The van der Waals surface area contributed by atoms with Crippen LogP contribution in [0.1, 0.15) is 32.6 Å². The average Bonchev–Trinajstić information content (AvgIpc) is 3.66. The first-order valence-electron chi connectivity index (χ1n) is 15.9. The van der Waals surface area contributed by atoms with Crippen LogP contribution in [0.4, 0.5) is 0 Å². The minimum atomic E-state index is -1.89. The van der Waals surface area contributed by atoms with Crippen molar-refractivity contribution in [1.29, 1.82) is 0 Å². The number of guanidine groups is 1. The maximum atomic E-state index is 13.3. The number of ether oxygens (including phenoxy) is 4. The molecule has 19 nitrogen and oxygen atoms in total. The summed E-state index contributed by atoms with van der Waals surface area (Å²) in [4.78, 5) is 17.1. The maximum Gasteiger partial charge on any atom is 0.254 e. The Morgan fingerprint density at radius 2 is 1.85 bits per heavy atom. The number of rotatable bonds is 14. The van der Waals surface area contributed by atoms with Crippen LogP contribution in [0.5, 0.6) is 0 Å². The molecule has 4 unspecified atom stereocenters. The lowest BCUT2D eigenvalue weighted by Gasteiger charge is -2.49. The van der Waals surface area contributed by atoms with Gasteiger partial charge in [0.1, 0.15) is 35.8 Å². The zero-order valence-corrected chi connectivity index (χ0v) is 26.8. The lowest BCUT2D eigenvalue weighted by Crippen LogP contribution is -2.69. The molecule has 0 aromatic heterocycles. The van der Waals surface area contributed by atoms with Gasteiger partial charge in [-0.05, 0) is 45.9 Å². The largest absolute Gasteiger partial charge is 0.467 e. The van der Waals surface area contributed by atoms with E-state index in [1.165, 1.54) is 6.92 Å². The molecule has 3 fully saturated rings. The van der Waals surface area contributed by atoms with E-state index in [0.29, 0.717) is 25.1 Å². The van der Waals surface area contributed by atoms with Gasteiger partial charge in [-0.3, -0.25) is 4.79 Å². The Bertz CT molecular complexity index is 1130. The Kier molecular flexibility index (Phi) is 12.4. The third-order valence-corrected chi connectivity index (χ3v) is 9.16. The highest BCUT2D eigenvalue weighted by atomic mass is 16.7. The first-order chi connectivity index (χ1) is 22.1. The molecule has 18 N–H and O–H groups in total. The number of hydrogen-bond acceptors (Lipinski definition) is 16. The zero-order valence-electron chi connectivity index (χ0n) is 26.8. The van der Waals surface area contributed by atoms with E-state index in [1.54, 1.807) is 13.1 Å². The van der Waals surface area contributed by atoms with Crippen molar-refractivity contribution in [2.24, 2.45) is 33.7 Å². The van der Waals surface area contributed by atoms with Crippen molar-refractivity contribution in [2.75, 3.05) is 33.3 Å². The van der Waals surface area contributed by atoms with Crippen molar-refractivity contribution in [2.45, 2.75) is 117 Å². The van der Waals surface area contributed by atoms with Crippen molar-refractivity contribution < 1.29 is 49.3 Å². The Morgan fingerprint density at radius 1 is 1.15 bits per heavy atom. The number of carbonyl (C=O) groups excluding carboxylic acids is 1. The predicted octanol–water partition coefficient (Wildman–Crippen LogP) is -6.58. The molecule has 4 aliphatic rings. The Morgan fingerprint density at radius 3 is 2.49 bits per heavy atom. The second-order valence-electron chi connectivity index (χ2n) is 13.0. The molecular formula is C28H53N9O10. The fraction of sp³-hybridized carbons (Fsp3) is 0.857. The predicted molar refractivity (Wildman–Crippen MR) is 167 cm³/mol. The molecule has 2 aliphatic heterocycles. The number of aliphatic hydroxyl groups excluding tert-OH is 3. The summed E-state index contributed by atoms with van der Waals surface area (Å²) in [5, 5.41) is 63.4. The van der Waals surface area contributed by atoms with Gasteiger partial charge in [0, 0.05) is 19.0 Å². The number of amides is 1. The molecule has 0 bridgehead atoms. The van der Waals surface area contributed by atoms with E-state index in [-0.39, 0.29) is 38.5 Å². The van der Waals surface area contributed by atoms with Crippen LogP contribution in [0.2, 0.25) is 0 Å². The molecule has 47 heavy (non-hydrogen) atoms. The molecule has 0 radical (unpaired) electrons. The second kappa shape index (κ2) is 15.5. The number of likely N-dealkylation sites (N-methyl/N-ethyl adjacent to an activating group) is 1. The zero-order chi connectivity index (χ0) is 34.7. The van der Waals surface area contributed by atoms with E-state index in [2.05, 4.69) is 20.9 Å². The van der Waals surface area contributed by atoms with Crippen molar-refractivity contribution in [3.8, 4) is 0 Å². The summed E-state index contributed by atoms with van der Waals surface area (Å²) in [6.45, 7) is 1.88. The van der Waals surface area contributed by atoms with Gasteiger partial charge in [0.2, 0.25) is 6.29 Å². The van der Waals surface area contributed by atoms with Gasteiger partial charge in [-0.15, -0.1) is 0 Å². The fourth-order valence-corrected chi connectivity index (χ4v) is 6.38. The molecule has 0 aromatic rings. The first-order valence-corrected chi connectivity index (χ1v) is 15.9. The van der Waals surface area contributed by atoms with E-state index in [0.717, 1.165) is 0 Å². The van der Waals surface area contributed by atoms with Gasteiger partial charge >= 0.3 is 0 Å². The lowest BCUT2D eigenvalue weighted by molar-refractivity contribution is -0.304. The summed E-state index contributed by atoms with van der Waals surface area (Å²) >= 11 is 0. The van der Waals surface area contributed by atoms with Crippen LogP contribution in [0, 0.1) is 0 Å². The third kappa shape index (κ3) is 8.68. The van der Waals surface area contributed by atoms with Gasteiger partial charge in [0.15, 0.2) is 17.9 Å². The van der Waals surface area contributed by atoms with E-state index < -0.39 is 90.4 Å². The van der Waals surface area contributed by atoms with Crippen LogP contribution in [-0.4, -0.2) is 155 Å². The van der Waals surface area contributed by atoms with Gasteiger partial charge in [0.05, 0.1) is 43.4 Å². The van der Waals surface area contributed by atoms with E-state index in [9.17, 15) is 30.3 Å². The topological polar surface area (TPSA) is 334 Å². The van der Waals surface area contributed by atoms with Crippen molar-refractivity contribution in [3.05, 3.63) is 11.8 Å². The average molecular weight is 676 g/mol. The van der Waals surface area contributed by atoms with E-state index in [1.807, 2.05) is 0 Å². The number of carbonyl (C=O) groups is 1. The van der Waals surface area contributed by atoms with Crippen molar-refractivity contribution in [1.82, 2.24) is 16.0 Å². The molecule has 14 atom stereocenters. The highest BCUT2D eigenvalue weighted by Crippen LogP contribution is 2.40. The standard InChI is InChI=1S/C28H53N9O10/c1-27(42)11-44-24(19(40)22(27)34-2)47-21-16(36-25(41)28(43)8-17(28)37-26(32)33)7-14(31)20(18(21)39)46-23-15(4-3-13(9-30)45-23)35-10-12(38)5-6-29/h3,12,14-24,34-35,38-40,42-43H,4-11,29-31H2,1-2H3,(H,36,41)(H4,32,33,37)/t12?,14-,15+,16+,17?,18-,19+,20?,21-,22+,23+,24+,27-,28?/m0/s1. The molecule has 0 aromatic carbocycles. The van der Waals surface area contributed by atoms with Crippen LogP contribution in [-0.2, 0) is 23.7 Å². The summed E-state index contributed by atoms with van der Waals surface area (Å²) in [5.41, 5.74) is 25.4. The highest BCUT2D eigenvalue weighted by molar-refractivity contribution is 5.90. The first kappa shape index (κ1) is 37.6. The molecule has 0 spiro atoms. The smallest absolute Gasteiger partial charge is 0.254 e. The summed E-state index contributed by atoms with van der Waals surface area (Å²) < 4.78 is 24.1. The number of hydrogen-bond donors (Lipinski definition) is 13. The number of nitrogens with zero attached hydrogens (tertiary/aromatic N) is 1. The number of nitrogens with two attached hydrogens (primary N) is 5. The molecule has 1 saturated heterocycles. The van der Waals surface area contributed by atoms with Crippen LogP contribution in [0.15, 0.2) is 16.8 Å². The molecule has 270 valence electrons. The molecule has 4 rings (SSSR count). The Labute approximate surface area is 273 Å². The highest BCUT2D eigenvalue weighted by Gasteiger charge is 2.61. The van der Waals surface area contributed by atoms with Crippen molar-refractivity contribution >= 4 is 11.9 Å². The molecule has 1 amide bonds. The molecule has 19 heteroatoms. The van der Waals surface area contributed by atoms with Gasteiger partial charge in [0.25, 0.3) is 5.91 Å². The second-order valence-corrected chi connectivity index (χ2v) is 13.0. The van der Waals surface area contributed by atoms with Crippen LogP contribution >= 0.6 is 0 Å². The van der Waals surface area contributed by atoms with Crippen LogP contribution < -0.4 is 44.6 Å². The number of aliphatic imine (C=N–C) groups is 1. The molecule has 2 aliphatic carbocycles. The van der Waals surface area contributed by atoms with Gasteiger partial charge < -0.3 is 89.1 Å². The molecule has 2 saturated carbocycles. The van der Waals surface area contributed by atoms with E-state index in [4.69, 9.17) is 47.6 Å². The minimum absolute atomic E-state index is 0.00320. The number of aliphatic hydroxyl groups is 5. The minimum Gasteiger partial charge on any atom is -0.467 e. The Hall–Kier alpha value is -2.24. The molecular weight excluding hydrogens is 622 g/mol. The summed E-state index contributed by atoms with van der Waals surface area (Å²) in [7, 11) is 1.56. The van der Waals surface area contributed by atoms with Crippen LogP contribution in [0.3, 0.4) is 0 Å². The quantitative estimate of drug-likeness (QED) is 0.0601.